The molecule has 4 rings (SSSR count). The number of nitrogens with one attached hydrogen (secondary N) is 1. The second-order valence-corrected chi connectivity index (χ2v) is 6.40. The molecule has 1 heterocycles. The summed E-state index contributed by atoms with van der Waals surface area (Å²) in [6.07, 6.45) is 2.06. The predicted octanol–water partition coefficient (Wildman–Crippen LogP) is 3.37. The van der Waals surface area contributed by atoms with E-state index >= 15 is 0 Å². The van der Waals surface area contributed by atoms with Crippen LogP contribution in [0, 0.1) is 11.6 Å². The zero-order chi connectivity index (χ0) is 17.4. The fourth-order valence-corrected chi connectivity index (χ4v) is 3.02. The molecule has 0 spiro atoms. The number of hydrogen-bond acceptors (Lipinski definition) is 3. The van der Waals surface area contributed by atoms with Crippen molar-refractivity contribution < 1.29 is 8.78 Å². The highest BCUT2D eigenvalue weighted by Gasteiger charge is 2.30. The molecule has 0 aliphatic heterocycles. The number of nitrogens with zero attached hydrogens (tertiary/aromatic N) is 2. The van der Waals surface area contributed by atoms with Gasteiger partial charge in [-0.3, -0.25) is 9.69 Å². The van der Waals surface area contributed by atoms with E-state index in [1.54, 1.807) is 18.2 Å². The van der Waals surface area contributed by atoms with Crippen LogP contribution in [-0.4, -0.2) is 20.9 Å². The van der Waals surface area contributed by atoms with Crippen molar-refractivity contribution in [2.24, 2.45) is 0 Å². The third-order valence-corrected chi connectivity index (χ3v) is 4.47. The van der Waals surface area contributed by atoms with Crippen molar-refractivity contribution in [1.29, 1.82) is 0 Å². The average molecular weight is 341 g/mol. The number of H-pyrrole nitrogens is 1. The lowest BCUT2D eigenvalue weighted by Crippen LogP contribution is -2.28. The highest BCUT2D eigenvalue weighted by molar-refractivity contribution is 5.77. The van der Waals surface area contributed by atoms with Gasteiger partial charge in [0.2, 0.25) is 0 Å². The van der Waals surface area contributed by atoms with E-state index in [1.165, 1.54) is 12.1 Å². The number of fused-ring (bicyclic) bond motifs is 1. The monoisotopic (exact) mass is 341 g/mol. The van der Waals surface area contributed by atoms with Gasteiger partial charge < -0.3 is 4.98 Å². The van der Waals surface area contributed by atoms with E-state index in [-0.39, 0.29) is 5.56 Å². The van der Waals surface area contributed by atoms with Crippen LogP contribution in [0.15, 0.2) is 47.3 Å². The molecule has 4 nitrogen and oxygen atoms in total. The second kappa shape index (κ2) is 6.37. The molecular formula is C19H17F2N3O. The molecule has 1 fully saturated rings. The molecule has 3 aromatic rings. The van der Waals surface area contributed by atoms with Gasteiger partial charge in [0.05, 0.1) is 17.4 Å². The van der Waals surface area contributed by atoms with E-state index in [9.17, 15) is 13.6 Å². The van der Waals surface area contributed by atoms with Crippen molar-refractivity contribution in [2.75, 3.05) is 0 Å². The Bertz CT molecular complexity index is 982. The molecule has 0 radical (unpaired) electrons. The summed E-state index contributed by atoms with van der Waals surface area (Å²) in [5.41, 5.74) is 0.908. The lowest BCUT2D eigenvalue weighted by molar-refractivity contribution is 0.236. The standard InChI is InChI=1S/C19H17F2N3O/c20-13-6-5-12(16(21)9-13)10-24(14-7-8-14)11-18-22-17-4-2-1-3-15(17)19(25)23-18/h1-6,9,14H,7-8,10-11H2,(H,22,23,25). The van der Waals surface area contributed by atoms with Crippen LogP contribution in [0.2, 0.25) is 0 Å². The fraction of sp³-hybridized carbons (Fsp3) is 0.263. The predicted molar refractivity (Wildman–Crippen MR) is 91.0 cm³/mol. The quantitative estimate of drug-likeness (QED) is 0.774. The Labute approximate surface area is 143 Å². The first kappa shape index (κ1) is 15.9. The summed E-state index contributed by atoms with van der Waals surface area (Å²) in [7, 11) is 0. The van der Waals surface area contributed by atoms with Crippen LogP contribution in [0.25, 0.3) is 10.9 Å². The Morgan fingerprint density at radius 2 is 1.92 bits per heavy atom. The van der Waals surface area contributed by atoms with Crippen molar-refractivity contribution in [3.8, 4) is 0 Å². The molecule has 1 saturated carbocycles. The third kappa shape index (κ3) is 3.44. The summed E-state index contributed by atoms with van der Waals surface area (Å²) >= 11 is 0. The highest BCUT2D eigenvalue weighted by atomic mass is 19.1. The van der Waals surface area contributed by atoms with E-state index in [0.29, 0.717) is 41.4 Å². The first-order chi connectivity index (χ1) is 12.1. The minimum absolute atomic E-state index is 0.177. The summed E-state index contributed by atoms with van der Waals surface area (Å²) in [5, 5.41) is 0.550. The van der Waals surface area contributed by atoms with Gasteiger partial charge in [0.25, 0.3) is 5.56 Å². The SMILES string of the molecule is O=c1[nH]c(CN(Cc2ccc(F)cc2F)C2CC2)nc2ccccc12. The van der Waals surface area contributed by atoms with Crippen molar-refractivity contribution in [3.63, 3.8) is 0 Å². The van der Waals surface area contributed by atoms with E-state index < -0.39 is 11.6 Å². The molecule has 1 aliphatic carbocycles. The molecule has 0 unspecified atom stereocenters. The molecule has 0 bridgehead atoms. The van der Waals surface area contributed by atoms with Crippen LogP contribution in [0.1, 0.15) is 24.2 Å². The molecule has 1 aliphatic rings. The van der Waals surface area contributed by atoms with Gasteiger partial charge in [-0.2, -0.15) is 0 Å². The first-order valence-electron chi connectivity index (χ1n) is 8.26. The van der Waals surface area contributed by atoms with Gasteiger partial charge in [0.1, 0.15) is 17.5 Å². The van der Waals surface area contributed by atoms with Crippen LogP contribution in [0.3, 0.4) is 0 Å². The van der Waals surface area contributed by atoms with Crippen LogP contribution < -0.4 is 5.56 Å². The van der Waals surface area contributed by atoms with E-state index in [0.717, 1.165) is 18.9 Å². The van der Waals surface area contributed by atoms with E-state index in [2.05, 4.69) is 14.9 Å². The second-order valence-electron chi connectivity index (χ2n) is 6.40. The number of benzene rings is 2. The van der Waals surface area contributed by atoms with Crippen molar-refractivity contribution >= 4 is 10.9 Å². The minimum Gasteiger partial charge on any atom is -0.309 e. The van der Waals surface area contributed by atoms with Crippen LogP contribution in [-0.2, 0) is 13.1 Å². The highest BCUT2D eigenvalue weighted by Crippen LogP contribution is 2.30. The molecule has 0 atom stereocenters. The minimum atomic E-state index is -0.584. The molecule has 128 valence electrons. The van der Waals surface area contributed by atoms with E-state index in [4.69, 9.17) is 0 Å². The van der Waals surface area contributed by atoms with Crippen molar-refractivity contribution in [2.45, 2.75) is 32.0 Å². The zero-order valence-electron chi connectivity index (χ0n) is 13.5. The van der Waals surface area contributed by atoms with Crippen molar-refractivity contribution in [3.05, 3.63) is 75.8 Å². The number of hydrogen-bond donors (Lipinski definition) is 1. The molecule has 1 aromatic heterocycles. The normalized spacial score (nSPS) is 14.4. The first-order valence-corrected chi connectivity index (χ1v) is 8.26. The molecule has 6 heteroatoms. The molecule has 0 saturated heterocycles. The third-order valence-electron chi connectivity index (χ3n) is 4.47. The van der Waals surface area contributed by atoms with Crippen LogP contribution >= 0.6 is 0 Å². The lowest BCUT2D eigenvalue weighted by Gasteiger charge is -2.22. The topological polar surface area (TPSA) is 49.0 Å². The zero-order valence-corrected chi connectivity index (χ0v) is 13.5. The molecule has 0 amide bonds. The maximum absolute atomic E-state index is 14.0. The Hall–Kier alpha value is -2.60. The summed E-state index contributed by atoms with van der Waals surface area (Å²) in [6.45, 7) is 0.773. The van der Waals surface area contributed by atoms with Gasteiger partial charge in [0.15, 0.2) is 0 Å². The smallest absolute Gasteiger partial charge is 0.258 e. The fourth-order valence-electron chi connectivity index (χ4n) is 3.02. The number of halogens is 2. The van der Waals surface area contributed by atoms with Gasteiger partial charge in [0, 0.05) is 24.2 Å². The number of rotatable bonds is 5. The summed E-state index contributed by atoms with van der Waals surface area (Å²) in [5.74, 6) is -0.580. The summed E-state index contributed by atoms with van der Waals surface area (Å²) < 4.78 is 27.1. The maximum Gasteiger partial charge on any atom is 0.258 e. The van der Waals surface area contributed by atoms with E-state index in [1.807, 2.05) is 6.07 Å². The Kier molecular flexibility index (Phi) is 4.05. The summed E-state index contributed by atoms with van der Waals surface area (Å²) in [6, 6.07) is 11.1. The molecule has 25 heavy (non-hydrogen) atoms. The number of aromatic nitrogens is 2. The molecule has 2 aromatic carbocycles. The van der Waals surface area contributed by atoms with Gasteiger partial charge in [-0.15, -0.1) is 0 Å². The van der Waals surface area contributed by atoms with Gasteiger partial charge in [-0.05, 0) is 31.0 Å². The van der Waals surface area contributed by atoms with Gasteiger partial charge in [-0.1, -0.05) is 18.2 Å². The number of aromatic amines is 1. The Morgan fingerprint density at radius 1 is 1.12 bits per heavy atom. The lowest BCUT2D eigenvalue weighted by atomic mass is 10.2. The Morgan fingerprint density at radius 3 is 2.68 bits per heavy atom. The molecule has 1 N–H and O–H groups in total. The van der Waals surface area contributed by atoms with Gasteiger partial charge >= 0.3 is 0 Å². The van der Waals surface area contributed by atoms with Crippen LogP contribution in [0.4, 0.5) is 8.78 Å². The maximum atomic E-state index is 14.0. The number of para-hydroxylation sites is 1. The van der Waals surface area contributed by atoms with Crippen LogP contribution in [0.5, 0.6) is 0 Å². The van der Waals surface area contributed by atoms with Gasteiger partial charge in [-0.25, -0.2) is 13.8 Å². The Balaban J connectivity index is 1.61. The summed E-state index contributed by atoms with van der Waals surface area (Å²) in [4.78, 5) is 21.6. The largest absolute Gasteiger partial charge is 0.309 e. The van der Waals surface area contributed by atoms with Crippen molar-refractivity contribution in [1.82, 2.24) is 14.9 Å². The average Bonchev–Trinajstić information content (AvgIpc) is 3.41. The molecular weight excluding hydrogens is 324 g/mol.